The Balaban J connectivity index is 1.27. The summed E-state index contributed by atoms with van der Waals surface area (Å²) in [5.74, 6) is 0. The van der Waals surface area contributed by atoms with Gasteiger partial charge in [0.25, 0.3) is 0 Å². The fourth-order valence-corrected chi connectivity index (χ4v) is 5.12. The summed E-state index contributed by atoms with van der Waals surface area (Å²) < 4.78 is 0. The van der Waals surface area contributed by atoms with Crippen molar-refractivity contribution in [2.24, 2.45) is 0 Å². The topological polar surface area (TPSA) is 6.48 Å². The third-order valence-corrected chi connectivity index (χ3v) is 7.35. The Morgan fingerprint density at radius 3 is 1.25 bits per heavy atom. The van der Waals surface area contributed by atoms with Crippen LogP contribution in [0.1, 0.15) is 5.56 Å². The van der Waals surface area contributed by atoms with Crippen LogP contribution in [-0.4, -0.2) is 7.05 Å². The quantitative estimate of drug-likeness (QED) is 0.208. The first-order chi connectivity index (χ1) is 19.7. The highest BCUT2D eigenvalue weighted by Crippen LogP contribution is 2.37. The van der Waals surface area contributed by atoms with E-state index in [1.807, 2.05) is 0 Å². The number of benzene rings is 6. The number of hydrogen-bond donors (Lipinski definition) is 0. The molecule has 0 fully saturated rings. The van der Waals surface area contributed by atoms with Crippen molar-refractivity contribution < 1.29 is 0 Å². The van der Waals surface area contributed by atoms with Gasteiger partial charge in [0, 0.05) is 35.5 Å². The molecule has 0 heterocycles. The lowest BCUT2D eigenvalue weighted by molar-refractivity contribution is 1.20. The summed E-state index contributed by atoms with van der Waals surface area (Å²) >= 11 is 0. The highest BCUT2D eigenvalue weighted by atomic mass is 15.1. The standard InChI is InChI=1S/C38H32N2/c1-29-10-9-15-38(28-29)39(2)34-22-16-32(17-23-34)33-20-26-37(27-21-33)40(35-13-7-4-8-14-35)36-24-18-31(19-25-36)30-11-5-3-6-12-30/h3-28H,1-2H3. The van der Waals surface area contributed by atoms with E-state index in [-0.39, 0.29) is 0 Å². The Kier molecular flexibility index (Phi) is 7.15. The van der Waals surface area contributed by atoms with E-state index in [1.165, 1.54) is 39.2 Å². The number of para-hydroxylation sites is 1. The maximum absolute atomic E-state index is 2.30. The normalized spacial score (nSPS) is 10.8. The molecule has 0 bridgehead atoms. The third-order valence-electron chi connectivity index (χ3n) is 7.35. The lowest BCUT2D eigenvalue weighted by Gasteiger charge is -2.26. The van der Waals surface area contributed by atoms with Crippen LogP contribution in [-0.2, 0) is 0 Å². The van der Waals surface area contributed by atoms with Crippen LogP contribution in [0.25, 0.3) is 22.3 Å². The van der Waals surface area contributed by atoms with E-state index in [1.54, 1.807) is 0 Å². The SMILES string of the molecule is Cc1cccc(N(C)c2ccc(-c3ccc(N(c4ccccc4)c4ccc(-c5ccccc5)cc4)cc3)cc2)c1. The molecule has 6 aromatic carbocycles. The summed E-state index contributed by atoms with van der Waals surface area (Å²) in [6.07, 6.45) is 0. The van der Waals surface area contributed by atoms with Gasteiger partial charge in [-0.2, -0.15) is 0 Å². The average molecular weight is 517 g/mol. The zero-order valence-corrected chi connectivity index (χ0v) is 22.9. The van der Waals surface area contributed by atoms with Crippen LogP contribution < -0.4 is 9.80 Å². The van der Waals surface area contributed by atoms with E-state index >= 15 is 0 Å². The van der Waals surface area contributed by atoms with Crippen LogP contribution in [0.2, 0.25) is 0 Å². The van der Waals surface area contributed by atoms with Gasteiger partial charge in [-0.25, -0.2) is 0 Å². The molecule has 194 valence electrons. The van der Waals surface area contributed by atoms with E-state index in [0.29, 0.717) is 0 Å². The van der Waals surface area contributed by atoms with E-state index < -0.39 is 0 Å². The maximum Gasteiger partial charge on any atom is 0.0462 e. The van der Waals surface area contributed by atoms with E-state index in [4.69, 9.17) is 0 Å². The van der Waals surface area contributed by atoms with E-state index in [9.17, 15) is 0 Å². The van der Waals surface area contributed by atoms with E-state index in [0.717, 1.165) is 17.1 Å². The van der Waals surface area contributed by atoms with Gasteiger partial charge in [0.15, 0.2) is 0 Å². The van der Waals surface area contributed by atoms with Crippen molar-refractivity contribution in [1.29, 1.82) is 0 Å². The number of anilines is 5. The Bertz CT molecular complexity index is 1670. The van der Waals surface area contributed by atoms with Crippen LogP contribution in [0.5, 0.6) is 0 Å². The summed E-state index contributed by atoms with van der Waals surface area (Å²) in [7, 11) is 2.11. The smallest absolute Gasteiger partial charge is 0.0462 e. The summed E-state index contributed by atoms with van der Waals surface area (Å²) in [4.78, 5) is 4.53. The zero-order valence-electron chi connectivity index (χ0n) is 22.9. The van der Waals surface area contributed by atoms with Gasteiger partial charge in [0.2, 0.25) is 0 Å². The van der Waals surface area contributed by atoms with Crippen molar-refractivity contribution in [3.05, 3.63) is 163 Å². The van der Waals surface area contributed by atoms with Crippen LogP contribution in [0.3, 0.4) is 0 Å². The van der Waals surface area contributed by atoms with Crippen molar-refractivity contribution >= 4 is 28.4 Å². The molecule has 0 radical (unpaired) electrons. The molecule has 0 unspecified atom stereocenters. The van der Waals surface area contributed by atoms with Gasteiger partial charge in [-0.1, -0.05) is 97.1 Å². The summed E-state index contributed by atoms with van der Waals surface area (Å²) in [5, 5.41) is 0. The molecule has 0 aliphatic heterocycles. The van der Waals surface area contributed by atoms with E-state index in [2.05, 4.69) is 181 Å². The molecular weight excluding hydrogens is 484 g/mol. The molecule has 0 atom stereocenters. The minimum atomic E-state index is 1.12. The van der Waals surface area contributed by atoms with Gasteiger partial charge in [0.05, 0.1) is 0 Å². The monoisotopic (exact) mass is 516 g/mol. The average Bonchev–Trinajstić information content (AvgIpc) is 3.03. The lowest BCUT2D eigenvalue weighted by atomic mass is 10.0. The molecule has 0 amide bonds. The number of hydrogen-bond acceptors (Lipinski definition) is 2. The second-order valence-corrected chi connectivity index (χ2v) is 10.1. The first-order valence-corrected chi connectivity index (χ1v) is 13.7. The van der Waals surface area contributed by atoms with Crippen LogP contribution in [0.4, 0.5) is 28.4 Å². The second-order valence-electron chi connectivity index (χ2n) is 10.1. The Labute approximate surface area is 237 Å². The third kappa shape index (κ3) is 5.39. The maximum atomic E-state index is 2.30. The largest absolute Gasteiger partial charge is 0.345 e. The second kappa shape index (κ2) is 11.3. The van der Waals surface area contributed by atoms with Gasteiger partial charge in [0.1, 0.15) is 0 Å². The summed E-state index contributed by atoms with van der Waals surface area (Å²) in [5.41, 5.74) is 11.8. The van der Waals surface area contributed by atoms with Crippen LogP contribution >= 0.6 is 0 Å². The van der Waals surface area contributed by atoms with Gasteiger partial charge < -0.3 is 9.80 Å². The molecule has 6 aromatic rings. The van der Waals surface area contributed by atoms with Crippen LogP contribution in [0.15, 0.2) is 158 Å². The Morgan fingerprint density at radius 2 is 0.750 bits per heavy atom. The van der Waals surface area contributed by atoms with Crippen molar-refractivity contribution in [3.8, 4) is 22.3 Å². The molecular formula is C38H32N2. The fourth-order valence-electron chi connectivity index (χ4n) is 5.12. The molecule has 0 aliphatic rings. The van der Waals surface area contributed by atoms with Gasteiger partial charge in [-0.05, 0) is 95.4 Å². The number of aryl methyl sites for hydroxylation is 1. The molecule has 2 nitrogen and oxygen atoms in total. The van der Waals surface area contributed by atoms with Crippen molar-refractivity contribution in [2.45, 2.75) is 6.92 Å². The minimum Gasteiger partial charge on any atom is -0.345 e. The molecule has 0 aromatic heterocycles. The Morgan fingerprint density at radius 1 is 0.350 bits per heavy atom. The van der Waals surface area contributed by atoms with Crippen molar-refractivity contribution in [2.75, 3.05) is 16.8 Å². The molecule has 2 heteroatoms. The van der Waals surface area contributed by atoms with Gasteiger partial charge >= 0.3 is 0 Å². The Hall–Kier alpha value is -5.08. The molecule has 6 rings (SSSR count). The predicted molar refractivity (Wildman–Crippen MR) is 171 cm³/mol. The highest BCUT2D eigenvalue weighted by Gasteiger charge is 2.13. The summed E-state index contributed by atoms with van der Waals surface area (Å²) in [6, 6.07) is 56.1. The fraction of sp³-hybridized carbons (Fsp3) is 0.0526. The highest BCUT2D eigenvalue weighted by molar-refractivity contribution is 5.80. The molecule has 40 heavy (non-hydrogen) atoms. The molecule has 0 saturated heterocycles. The molecule has 0 N–H and O–H groups in total. The number of nitrogens with zero attached hydrogens (tertiary/aromatic N) is 2. The zero-order chi connectivity index (χ0) is 27.3. The van der Waals surface area contributed by atoms with Crippen molar-refractivity contribution in [3.63, 3.8) is 0 Å². The number of rotatable bonds is 7. The predicted octanol–water partition coefficient (Wildman–Crippen LogP) is 10.6. The lowest BCUT2D eigenvalue weighted by Crippen LogP contribution is -2.09. The molecule has 0 spiro atoms. The summed E-state index contributed by atoms with van der Waals surface area (Å²) in [6.45, 7) is 2.13. The van der Waals surface area contributed by atoms with Crippen LogP contribution in [0, 0.1) is 6.92 Å². The first kappa shape index (κ1) is 25.2. The van der Waals surface area contributed by atoms with Gasteiger partial charge in [-0.3, -0.25) is 0 Å². The minimum absolute atomic E-state index is 1.12. The van der Waals surface area contributed by atoms with Crippen molar-refractivity contribution in [1.82, 2.24) is 0 Å². The molecule has 0 aliphatic carbocycles. The molecule has 0 saturated carbocycles. The first-order valence-electron chi connectivity index (χ1n) is 13.7. The van der Waals surface area contributed by atoms with Gasteiger partial charge in [-0.15, -0.1) is 0 Å².